The number of isocyanates is 1. The molecule has 1 saturated carbocycles. The number of benzene rings is 1. The first-order valence-corrected chi connectivity index (χ1v) is 6.24. The molecule has 4 nitrogen and oxygen atoms in total. The molecule has 0 amide bonds. The van der Waals surface area contributed by atoms with Crippen LogP contribution in [0.3, 0.4) is 0 Å². The largest absolute Gasteiger partial charge is 0.453 e. The predicted octanol–water partition coefficient (Wildman–Crippen LogP) is 2.89. The number of hydrogen-bond donors (Lipinski definition) is 0. The third-order valence-corrected chi connectivity index (χ3v) is 4.04. The van der Waals surface area contributed by atoms with Gasteiger partial charge < -0.3 is 9.47 Å². The molecular weight excluding hydrogens is 286 g/mol. The Balaban J connectivity index is 2.15. The molecule has 88 valence electrons. The van der Waals surface area contributed by atoms with E-state index in [0.717, 1.165) is 29.3 Å². The third-order valence-electron chi connectivity index (χ3n) is 3.41. The zero-order valence-electron chi connectivity index (χ0n) is 9.03. The van der Waals surface area contributed by atoms with Gasteiger partial charge in [0.2, 0.25) is 12.9 Å². The molecule has 2 aliphatic rings. The van der Waals surface area contributed by atoms with E-state index >= 15 is 0 Å². The minimum atomic E-state index is -0.444. The maximum Gasteiger partial charge on any atom is 0.235 e. The highest BCUT2D eigenvalue weighted by Crippen LogP contribution is 2.53. The van der Waals surface area contributed by atoms with Crippen molar-refractivity contribution in [3.05, 3.63) is 22.2 Å². The summed E-state index contributed by atoms with van der Waals surface area (Å²) in [5, 5.41) is 0. The number of rotatable bonds is 2. The lowest BCUT2D eigenvalue weighted by Gasteiger charge is -2.37. The molecule has 17 heavy (non-hydrogen) atoms. The maximum atomic E-state index is 10.6. The van der Waals surface area contributed by atoms with Crippen LogP contribution in [0.15, 0.2) is 21.6 Å². The summed E-state index contributed by atoms with van der Waals surface area (Å²) in [6.07, 6.45) is 4.47. The van der Waals surface area contributed by atoms with Gasteiger partial charge in [-0.2, -0.15) is 4.99 Å². The van der Waals surface area contributed by atoms with E-state index in [1.807, 2.05) is 12.1 Å². The van der Waals surface area contributed by atoms with Crippen molar-refractivity contribution in [2.45, 2.75) is 24.8 Å². The molecule has 3 rings (SSSR count). The Morgan fingerprint density at radius 3 is 2.71 bits per heavy atom. The summed E-state index contributed by atoms with van der Waals surface area (Å²) in [5.41, 5.74) is 0.489. The number of fused-ring (bicyclic) bond motifs is 1. The van der Waals surface area contributed by atoms with Crippen LogP contribution in [0, 0.1) is 0 Å². The van der Waals surface area contributed by atoms with Gasteiger partial charge >= 0.3 is 0 Å². The van der Waals surface area contributed by atoms with Crippen molar-refractivity contribution in [3.63, 3.8) is 0 Å². The van der Waals surface area contributed by atoms with Gasteiger partial charge in [-0.15, -0.1) is 0 Å². The van der Waals surface area contributed by atoms with Crippen LogP contribution in [0.2, 0.25) is 0 Å². The second-order valence-electron chi connectivity index (χ2n) is 4.25. The smallest absolute Gasteiger partial charge is 0.235 e. The van der Waals surface area contributed by atoms with Crippen LogP contribution < -0.4 is 9.47 Å². The monoisotopic (exact) mass is 295 g/mol. The number of hydrogen-bond acceptors (Lipinski definition) is 4. The Morgan fingerprint density at radius 2 is 2.06 bits per heavy atom. The lowest BCUT2D eigenvalue weighted by Crippen LogP contribution is -2.32. The van der Waals surface area contributed by atoms with Gasteiger partial charge in [-0.1, -0.05) is 6.07 Å². The third kappa shape index (κ3) is 1.50. The second-order valence-corrected chi connectivity index (χ2v) is 5.10. The van der Waals surface area contributed by atoms with E-state index in [4.69, 9.17) is 9.47 Å². The van der Waals surface area contributed by atoms with Crippen molar-refractivity contribution in [3.8, 4) is 11.5 Å². The standard InChI is InChI=1S/C12H10BrNO3/c13-9-3-2-8(10-11(9)17-7-16-10)12(14-6-15)4-1-5-12/h2-3H,1,4-5,7H2. The molecule has 0 saturated heterocycles. The molecule has 1 aromatic carbocycles. The van der Waals surface area contributed by atoms with E-state index in [1.54, 1.807) is 6.08 Å². The lowest BCUT2D eigenvalue weighted by atomic mass is 9.72. The number of halogens is 1. The van der Waals surface area contributed by atoms with Crippen LogP contribution in [0.1, 0.15) is 24.8 Å². The Morgan fingerprint density at radius 1 is 1.29 bits per heavy atom. The summed E-state index contributed by atoms with van der Waals surface area (Å²) in [7, 11) is 0. The molecule has 1 heterocycles. The van der Waals surface area contributed by atoms with Gasteiger partial charge in [0.1, 0.15) is 5.54 Å². The molecule has 1 fully saturated rings. The first-order valence-electron chi connectivity index (χ1n) is 5.44. The number of carbonyl (C=O) groups excluding carboxylic acids is 1. The van der Waals surface area contributed by atoms with Crippen LogP contribution in [0.4, 0.5) is 0 Å². The molecule has 0 atom stereocenters. The van der Waals surface area contributed by atoms with Gasteiger partial charge in [0.05, 0.1) is 4.47 Å². The SMILES string of the molecule is O=C=NC1(c2ccc(Br)c3c2OCO3)CCC1. The molecule has 0 radical (unpaired) electrons. The maximum absolute atomic E-state index is 10.6. The van der Waals surface area contributed by atoms with Crippen LogP contribution in [-0.4, -0.2) is 12.9 Å². The van der Waals surface area contributed by atoms with Gasteiger partial charge in [0, 0.05) is 5.56 Å². The van der Waals surface area contributed by atoms with Gasteiger partial charge in [-0.05, 0) is 41.3 Å². The summed E-state index contributed by atoms with van der Waals surface area (Å²) >= 11 is 3.41. The van der Waals surface area contributed by atoms with E-state index in [2.05, 4.69) is 20.9 Å². The zero-order chi connectivity index (χ0) is 11.9. The van der Waals surface area contributed by atoms with Crippen molar-refractivity contribution in [1.29, 1.82) is 0 Å². The van der Waals surface area contributed by atoms with Gasteiger partial charge in [0.25, 0.3) is 0 Å². The number of aliphatic imine (C=N–C) groups is 1. The van der Waals surface area contributed by atoms with E-state index in [9.17, 15) is 4.79 Å². The summed E-state index contributed by atoms with van der Waals surface area (Å²) < 4.78 is 11.8. The molecule has 0 N–H and O–H groups in total. The minimum absolute atomic E-state index is 0.214. The van der Waals surface area contributed by atoms with E-state index in [-0.39, 0.29) is 6.79 Å². The van der Waals surface area contributed by atoms with Crippen LogP contribution in [0.5, 0.6) is 11.5 Å². The van der Waals surface area contributed by atoms with E-state index < -0.39 is 5.54 Å². The lowest BCUT2D eigenvalue weighted by molar-refractivity contribution is 0.168. The van der Waals surface area contributed by atoms with Crippen molar-refractivity contribution in [2.24, 2.45) is 4.99 Å². The highest BCUT2D eigenvalue weighted by molar-refractivity contribution is 9.10. The van der Waals surface area contributed by atoms with Crippen LogP contribution >= 0.6 is 15.9 Å². The molecule has 5 heteroatoms. The van der Waals surface area contributed by atoms with Gasteiger partial charge in [-0.3, -0.25) is 0 Å². The summed E-state index contributed by atoms with van der Waals surface area (Å²) in [5.74, 6) is 1.41. The summed E-state index contributed by atoms with van der Waals surface area (Å²) in [6, 6.07) is 3.85. The fourth-order valence-electron chi connectivity index (χ4n) is 2.37. The molecule has 1 aliphatic carbocycles. The van der Waals surface area contributed by atoms with Crippen molar-refractivity contribution in [1.82, 2.24) is 0 Å². The summed E-state index contributed by atoms with van der Waals surface area (Å²) in [6.45, 7) is 0.214. The molecule has 1 aromatic rings. The van der Waals surface area contributed by atoms with Crippen molar-refractivity contribution >= 4 is 22.0 Å². The fourth-order valence-corrected chi connectivity index (χ4v) is 2.80. The molecular formula is C12H10BrNO3. The molecule has 0 spiro atoms. The highest BCUT2D eigenvalue weighted by atomic mass is 79.9. The Kier molecular flexibility index (Phi) is 2.45. The predicted molar refractivity (Wildman–Crippen MR) is 63.9 cm³/mol. The number of ether oxygens (including phenoxy) is 2. The van der Waals surface area contributed by atoms with Crippen LogP contribution in [-0.2, 0) is 10.3 Å². The van der Waals surface area contributed by atoms with Crippen molar-refractivity contribution in [2.75, 3.05) is 6.79 Å². The number of nitrogens with zero attached hydrogens (tertiary/aromatic N) is 1. The molecule has 0 unspecified atom stereocenters. The Hall–Kier alpha value is -1.32. The van der Waals surface area contributed by atoms with Gasteiger partial charge in [0.15, 0.2) is 11.5 Å². The highest BCUT2D eigenvalue weighted by Gasteiger charge is 2.43. The van der Waals surface area contributed by atoms with Crippen molar-refractivity contribution < 1.29 is 14.3 Å². The van der Waals surface area contributed by atoms with Gasteiger partial charge in [-0.25, -0.2) is 4.79 Å². The molecule has 0 aromatic heterocycles. The Bertz CT molecular complexity index is 519. The molecule has 0 bridgehead atoms. The first-order chi connectivity index (χ1) is 8.27. The molecule has 1 aliphatic heterocycles. The van der Waals surface area contributed by atoms with E-state index in [0.29, 0.717) is 11.5 Å². The second kappa shape index (κ2) is 3.86. The van der Waals surface area contributed by atoms with Crippen LogP contribution in [0.25, 0.3) is 0 Å². The first kappa shape index (κ1) is 10.8. The average Bonchev–Trinajstić information content (AvgIpc) is 2.74. The fraction of sp³-hybridized carbons (Fsp3) is 0.417. The summed E-state index contributed by atoms with van der Waals surface area (Å²) in [4.78, 5) is 14.6. The zero-order valence-corrected chi connectivity index (χ0v) is 10.6. The topological polar surface area (TPSA) is 47.9 Å². The van der Waals surface area contributed by atoms with E-state index in [1.165, 1.54) is 0 Å². The Labute approximate surface area is 107 Å². The average molecular weight is 296 g/mol. The normalized spacial score (nSPS) is 19.4. The quantitative estimate of drug-likeness (QED) is 0.623. The minimum Gasteiger partial charge on any atom is -0.453 e.